The van der Waals surface area contributed by atoms with E-state index >= 15 is 0 Å². The number of carbonyl (C=O) groups excluding carboxylic acids is 3. The second-order valence-electron chi connectivity index (χ2n) is 6.06. The molecule has 2 aromatic rings. The van der Waals surface area contributed by atoms with Gasteiger partial charge in [0.2, 0.25) is 5.91 Å². The molecule has 3 amide bonds. The van der Waals surface area contributed by atoms with Gasteiger partial charge < -0.3 is 15.2 Å². The molecule has 0 aromatic heterocycles. The number of nitrogens with zero attached hydrogens (tertiary/aromatic N) is 1. The Bertz CT molecular complexity index is 1040. The summed E-state index contributed by atoms with van der Waals surface area (Å²) in [5, 5.41) is 12.3. The fourth-order valence-electron chi connectivity index (χ4n) is 2.63. The molecule has 0 saturated carbocycles. The van der Waals surface area contributed by atoms with Crippen LogP contribution in [-0.2, 0) is 9.59 Å². The van der Waals surface area contributed by atoms with Gasteiger partial charge in [-0.25, -0.2) is 0 Å². The van der Waals surface area contributed by atoms with E-state index in [1.54, 1.807) is 37.3 Å². The number of aromatic hydroxyl groups is 1. The van der Waals surface area contributed by atoms with Gasteiger partial charge in [-0.05, 0) is 80.4 Å². The number of hydrogen-bond acceptors (Lipinski definition) is 6. The van der Waals surface area contributed by atoms with Gasteiger partial charge in [0.05, 0.1) is 16.0 Å². The van der Waals surface area contributed by atoms with E-state index < -0.39 is 17.1 Å². The number of nitrogens with one attached hydrogen (secondary N) is 1. The number of rotatable bonds is 6. The lowest BCUT2D eigenvalue weighted by Crippen LogP contribution is -2.36. The average molecular weight is 556 g/mol. The molecule has 2 aromatic carbocycles. The molecule has 1 aliphatic heterocycles. The molecule has 0 bridgehead atoms. The van der Waals surface area contributed by atoms with E-state index in [1.165, 1.54) is 6.08 Å². The van der Waals surface area contributed by atoms with Gasteiger partial charge in [-0.15, -0.1) is 0 Å². The van der Waals surface area contributed by atoms with Crippen LogP contribution in [0.4, 0.5) is 10.5 Å². The Labute approximate surface area is 193 Å². The van der Waals surface area contributed by atoms with Crippen LogP contribution in [0.25, 0.3) is 6.08 Å². The van der Waals surface area contributed by atoms with Crippen molar-refractivity contribution in [1.29, 1.82) is 0 Å². The van der Waals surface area contributed by atoms with Crippen LogP contribution in [0.5, 0.6) is 11.5 Å². The number of para-hydroxylation sites is 1. The lowest BCUT2D eigenvalue weighted by molar-refractivity contribution is -0.127. The number of imide groups is 1. The van der Waals surface area contributed by atoms with Crippen molar-refractivity contribution in [3.8, 4) is 11.5 Å². The normalized spacial score (nSPS) is 15.0. The predicted octanol–water partition coefficient (Wildman–Crippen LogP) is 4.99. The summed E-state index contributed by atoms with van der Waals surface area (Å²) in [5.41, 5.74) is 1.11. The average Bonchev–Trinajstić information content (AvgIpc) is 2.98. The zero-order chi connectivity index (χ0) is 21.8. The second-order valence-corrected chi connectivity index (χ2v) is 8.63. The fraction of sp³-hybridized carbons (Fsp3) is 0.150. The van der Waals surface area contributed by atoms with Gasteiger partial charge in [0.1, 0.15) is 6.54 Å². The van der Waals surface area contributed by atoms with Crippen molar-refractivity contribution in [1.82, 2.24) is 4.90 Å². The van der Waals surface area contributed by atoms with Crippen molar-refractivity contribution in [3.63, 3.8) is 0 Å². The molecule has 0 unspecified atom stereocenters. The summed E-state index contributed by atoms with van der Waals surface area (Å²) in [7, 11) is 0. The van der Waals surface area contributed by atoms with Gasteiger partial charge in [-0.3, -0.25) is 19.3 Å². The molecule has 1 saturated heterocycles. The van der Waals surface area contributed by atoms with Gasteiger partial charge in [-0.1, -0.05) is 18.2 Å². The first kappa shape index (κ1) is 22.4. The number of amides is 3. The highest BCUT2D eigenvalue weighted by atomic mass is 79.9. The molecule has 3 rings (SSSR count). The SMILES string of the molecule is CCOc1cc(/C=C2\SC(=O)N(CC(=O)Nc3ccccc3)C2=O)c(Br)c(Br)c1O. The van der Waals surface area contributed by atoms with Crippen LogP contribution in [0.2, 0.25) is 0 Å². The lowest BCUT2D eigenvalue weighted by atomic mass is 10.2. The highest BCUT2D eigenvalue weighted by Gasteiger charge is 2.36. The van der Waals surface area contributed by atoms with E-state index in [4.69, 9.17) is 4.74 Å². The third-order valence-corrected chi connectivity index (χ3v) is 7.06. The number of benzene rings is 2. The van der Waals surface area contributed by atoms with Crippen molar-refractivity contribution in [2.45, 2.75) is 6.92 Å². The molecular formula is C20H16Br2N2O5S. The number of carbonyl (C=O) groups is 3. The molecule has 7 nitrogen and oxygen atoms in total. The van der Waals surface area contributed by atoms with Gasteiger partial charge >= 0.3 is 0 Å². The minimum Gasteiger partial charge on any atom is -0.503 e. The zero-order valence-corrected chi connectivity index (χ0v) is 19.6. The van der Waals surface area contributed by atoms with Crippen molar-refractivity contribution in [2.75, 3.05) is 18.5 Å². The van der Waals surface area contributed by atoms with Crippen molar-refractivity contribution in [3.05, 3.63) is 55.8 Å². The first-order valence-electron chi connectivity index (χ1n) is 8.75. The summed E-state index contributed by atoms with van der Waals surface area (Å²) in [6, 6.07) is 10.3. The van der Waals surface area contributed by atoms with Crippen LogP contribution >= 0.6 is 43.6 Å². The molecule has 156 valence electrons. The maximum Gasteiger partial charge on any atom is 0.294 e. The predicted molar refractivity (Wildman–Crippen MR) is 122 cm³/mol. The number of ether oxygens (including phenoxy) is 1. The molecule has 0 aliphatic carbocycles. The van der Waals surface area contributed by atoms with Crippen molar-refractivity contribution < 1.29 is 24.2 Å². The van der Waals surface area contributed by atoms with Gasteiger partial charge in [0.15, 0.2) is 11.5 Å². The number of phenols is 1. The molecule has 2 N–H and O–H groups in total. The van der Waals surface area contributed by atoms with Crippen LogP contribution in [0.1, 0.15) is 12.5 Å². The minimum atomic E-state index is -0.567. The van der Waals surface area contributed by atoms with E-state index in [2.05, 4.69) is 37.2 Å². The van der Waals surface area contributed by atoms with E-state index in [1.807, 2.05) is 6.07 Å². The minimum absolute atomic E-state index is 0.0773. The summed E-state index contributed by atoms with van der Waals surface area (Å²) in [4.78, 5) is 38.3. The zero-order valence-electron chi connectivity index (χ0n) is 15.6. The number of hydrogen-bond donors (Lipinski definition) is 2. The van der Waals surface area contributed by atoms with Crippen LogP contribution in [-0.4, -0.2) is 40.2 Å². The Balaban J connectivity index is 1.80. The summed E-state index contributed by atoms with van der Waals surface area (Å²) < 4.78 is 6.26. The number of thioether (sulfide) groups is 1. The van der Waals surface area contributed by atoms with Gasteiger partial charge in [0, 0.05) is 10.2 Å². The molecule has 0 spiro atoms. The summed E-state index contributed by atoms with van der Waals surface area (Å²) >= 11 is 7.38. The Kier molecular flexibility index (Phi) is 7.22. The van der Waals surface area contributed by atoms with E-state index in [9.17, 15) is 19.5 Å². The quantitative estimate of drug-likeness (QED) is 0.487. The third-order valence-electron chi connectivity index (χ3n) is 3.99. The Morgan fingerprint density at radius 3 is 2.60 bits per heavy atom. The smallest absolute Gasteiger partial charge is 0.294 e. The standard InChI is InChI=1S/C20H16Br2N2O5S/c1-2-29-13-8-11(16(21)17(22)18(13)26)9-14-19(27)24(20(28)30-14)10-15(25)23-12-6-4-3-5-7-12/h3-9,26H,2,10H2,1H3,(H,23,25)/b14-9-. The lowest BCUT2D eigenvalue weighted by Gasteiger charge is -2.13. The Morgan fingerprint density at radius 2 is 1.93 bits per heavy atom. The van der Waals surface area contributed by atoms with Gasteiger partial charge in [0.25, 0.3) is 11.1 Å². The van der Waals surface area contributed by atoms with Crippen LogP contribution in [0.15, 0.2) is 50.2 Å². The largest absolute Gasteiger partial charge is 0.503 e. The van der Waals surface area contributed by atoms with Crippen molar-refractivity contribution >= 4 is 72.4 Å². The summed E-state index contributed by atoms with van der Waals surface area (Å²) in [6.07, 6.45) is 1.51. The number of halogens is 2. The summed E-state index contributed by atoms with van der Waals surface area (Å²) in [5.74, 6) is -0.883. The van der Waals surface area contributed by atoms with E-state index in [0.29, 0.717) is 26.8 Å². The molecular weight excluding hydrogens is 540 g/mol. The Morgan fingerprint density at radius 1 is 1.23 bits per heavy atom. The number of phenolic OH excluding ortho intramolecular Hbond substituents is 1. The fourth-order valence-corrected chi connectivity index (χ4v) is 4.30. The highest BCUT2D eigenvalue weighted by Crippen LogP contribution is 2.43. The first-order chi connectivity index (χ1) is 14.3. The summed E-state index contributed by atoms with van der Waals surface area (Å²) in [6.45, 7) is 1.73. The maximum atomic E-state index is 12.7. The Hall–Kier alpha value is -2.30. The molecule has 1 aliphatic rings. The molecule has 0 atom stereocenters. The highest BCUT2D eigenvalue weighted by molar-refractivity contribution is 9.13. The first-order valence-corrected chi connectivity index (χ1v) is 11.2. The second kappa shape index (κ2) is 9.67. The monoisotopic (exact) mass is 554 g/mol. The van der Waals surface area contributed by atoms with Crippen molar-refractivity contribution in [2.24, 2.45) is 0 Å². The maximum absolute atomic E-state index is 12.7. The van der Waals surface area contributed by atoms with Crippen LogP contribution < -0.4 is 10.1 Å². The van der Waals surface area contributed by atoms with Crippen LogP contribution in [0.3, 0.4) is 0 Å². The molecule has 30 heavy (non-hydrogen) atoms. The third kappa shape index (κ3) is 4.88. The molecule has 10 heteroatoms. The van der Waals surface area contributed by atoms with E-state index in [-0.39, 0.29) is 22.9 Å². The van der Waals surface area contributed by atoms with Crippen LogP contribution in [0, 0.1) is 0 Å². The van der Waals surface area contributed by atoms with E-state index in [0.717, 1.165) is 16.7 Å². The van der Waals surface area contributed by atoms with Gasteiger partial charge in [-0.2, -0.15) is 0 Å². The number of anilines is 1. The topological polar surface area (TPSA) is 95.9 Å². The molecule has 1 fully saturated rings. The molecule has 0 radical (unpaired) electrons. The molecule has 1 heterocycles.